The second kappa shape index (κ2) is 6.22. The molecule has 1 rings (SSSR count). The number of nitrogens with one attached hydrogen (secondary N) is 1. The molecule has 0 bridgehead atoms. The fraction of sp³-hybridized carbons (Fsp3) is 0.182. The molecule has 0 fully saturated rings. The van der Waals surface area contributed by atoms with Crippen molar-refractivity contribution in [3.63, 3.8) is 0 Å². The van der Waals surface area contributed by atoms with Crippen LogP contribution in [0.15, 0.2) is 35.0 Å². The molecule has 6 heteroatoms. The number of hydrogen-bond donors (Lipinski definition) is 3. The van der Waals surface area contributed by atoms with Gasteiger partial charge in [0.15, 0.2) is 5.84 Å². The molecule has 0 aliphatic carbocycles. The molecule has 0 atom stereocenters. The van der Waals surface area contributed by atoms with Gasteiger partial charge in [0, 0.05) is 29.2 Å². The van der Waals surface area contributed by atoms with Crippen molar-refractivity contribution in [3.8, 4) is 0 Å². The van der Waals surface area contributed by atoms with Crippen LogP contribution in [0.3, 0.4) is 0 Å². The van der Waals surface area contributed by atoms with Crippen LogP contribution in [-0.4, -0.2) is 17.6 Å². The zero-order chi connectivity index (χ0) is 12.8. The summed E-state index contributed by atoms with van der Waals surface area (Å²) in [4.78, 5) is 0. The zero-order valence-electron chi connectivity index (χ0n) is 9.08. The average molecular weight is 258 g/mol. The van der Waals surface area contributed by atoms with E-state index in [-0.39, 0.29) is 5.84 Å². The van der Waals surface area contributed by atoms with Crippen LogP contribution in [0.25, 0.3) is 0 Å². The molecule has 4 nitrogen and oxygen atoms in total. The lowest BCUT2D eigenvalue weighted by Crippen LogP contribution is -2.17. The van der Waals surface area contributed by atoms with E-state index in [4.69, 9.17) is 22.5 Å². The molecule has 0 aliphatic rings. The number of nitrogens with two attached hydrogens (primary N) is 1. The summed E-state index contributed by atoms with van der Waals surface area (Å²) in [5.74, 6) is -0.556. The van der Waals surface area contributed by atoms with Crippen molar-refractivity contribution in [1.82, 2.24) is 5.32 Å². The lowest BCUT2D eigenvalue weighted by atomic mass is 10.1. The lowest BCUT2D eigenvalue weighted by Gasteiger charge is -2.06. The molecular weight excluding hydrogens is 245 g/mol. The normalized spacial score (nSPS) is 11.5. The molecule has 4 N–H and O–H groups in total. The summed E-state index contributed by atoms with van der Waals surface area (Å²) in [5.41, 5.74) is 6.14. The number of halogens is 2. The molecule has 0 aromatic heterocycles. The Hall–Kier alpha value is -1.59. The van der Waals surface area contributed by atoms with Gasteiger partial charge in [0.05, 0.1) is 0 Å². The quantitative estimate of drug-likeness (QED) is 0.326. The van der Waals surface area contributed by atoms with Crippen LogP contribution in [-0.2, 0) is 6.54 Å². The third-order valence-corrected chi connectivity index (χ3v) is 2.22. The predicted molar refractivity (Wildman–Crippen MR) is 65.6 cm³/mol. The summed E-state index contributed by atoms with van der Waals surface area (Å²) < 4.78 is 13.6. The van der Waals surface area contributed by atoms with E-state index in [1.165, 1.54) is 6.07 Å². The van der Waals surface area contributed by atoms with Gasteiger partial charge in [-0.05, 0) is 6.07 Å². The minimum Gasteiger partial charge on any atom is -0.409 e. The standard InChI is InChI=1S/C11H13ClFN3O/c1-7(12)5-15-6-9-3-2-8(4-10(9)13)11(14)16-17/h2-4,15,17H,1,5-6H2,(H2,14,16). The predicted octanol–water partition coefficient (Wildman–Crippen LogP) is 1.76. The van der Waals surface area contributed by atoms with E-state index in [0.717, 1.165) is 0 Å². The van der Waals surface area contributed by atoms with E-state index in [1.807, 2.05) is 0 Å². The lowest BCUT2D eigenvalue weighted by molar-refractivity contribution is 0.318. The Morgan fingerprint density at radius 2 is 2.29 bits per heavy atom. The maximum Gasteiger partial charge on any atom is 0.170 e. The highest BCUT2D eigenvalue weighted by Crippen LogP contribution is 2.10. The molecule has 0 saturated heterocycles. The first-order valence-corrected chi connectivity index (χ1v) is 5.22. The number of rotatable bonds is 5. The molecule has 92 valence electrons. The number of oxime groups is 1. The highest BCUT2D eigenvalue weighted by atomic mass is 35.5. The molecular formula is C11H13ClFN3O. The van der Waals surface area contributed by atoms with Crippen LogP contribution in [0.2, 0.25) is 0 Å². The minimum atomic E-state index is -0.429. The van der Waals surface area contributed by atoms with Gasteiger partial charge in [-0.15, -0.1) is 0 Å². The highest BCUT2D eigenvalue weighted by Gasteiger charge is 2.06. The molecule has 0 amide bonds. The van der Waals surface area contributed by atoms with Gasteiger partial charge in [0.2, 0.25) is 0 Å². The van der Waals surface area contributed by atoms with Crippen molar-refractivity contribution in [2.24, 2.45) is 10.9 Å². The largest absolute Gasteiger partial charge is 0.409 e. The van der Waals surface area contributed by atoms with E-state index in [0.29, 0.717) is 29.2 Å². The van der Waals surface area contributed by atoms with Crippen molar-refractivity contribution >= 4 is 17.4 Å². The first kappa shape index (κ1) is 13.5. The van der Waals surface area contributed by atoms with E-state index in [1.54, 1.807) is 12.1 Å². The summed E-state index contributed by atoms with van der Waals surface area (Å²) in [5, 5.41) is 14.6. The van der Waals surface area contributed by atoms with Gasteiger partial charge in [-0.1, -0.05) is 35.5 Å². The molecule has 0 aliphatic heterocycles. The van der Waals surface area contributed by atoms with Crippen molar-refractivity contribution in [3.05, 3.63) is 46.8 Å². The Morgan fingerprint density at radius 1 is 1.59 bits per heavy atom. The van der Waals surface area contributed by atoms with Gasteiger partial charge < -0.3 is 16.3 Å². The minimum absolute atomic E-state index is 0.127. The first-order chi connectivity index (χ1) is 8.04. The Labute approximate surface area is 104 Å². The van der Waals surface area contributed by atoms with Gasteiger partial charge in [-0.2, -0.15) is 0 Å². The number of benzene rings is 1. The van der Waals surface area contributed by atoms with E-state index >= 15 is 0 Å². The molecule has 17 heavy (non-hydrogen) atoms. The summed E-state index contributed by atoms with van der Waals surface area (Å²) in [6, 6.07) is 4.35. The van der Waals surface area contributed by atoms with Crippen molar-refractivity contribution < 1.29 is 9.60 Å². The van der Waals surface area contributed by atoms with Crippen LogP contribution in [0, 0.1) is 5.82 Å². The van der Waals surface area contributed by atoms with E-state index in [2.05, 4.69) is 17.1 Å². The molecule has 1 aromatic carbocycles. The second-order valence-corrected chi connectivity index (χ2v) is 3.95. The van der Waals surface area contributed by atoms with Gasteiger partial charge in [0.25, 0.3) is 0 Å². The van der Waals surface area contributed by atoms with Crippen LogP contribution in [0.1, 0.15) is 11.1 Å². The van der Waals surface area contributed by atoms with Crippen LogP contribution < -0.4 is 11.1 Å². The second-order valence-electron chi connectivity index (χ2n) is 3.41. The maximum absolute atomic E-state index is 13.6. The van der Waals surface area contributed by atoms with Gasteiger partial charge >= 0.3 is 0 Å². The molecule has 0 saturated carbocycles. The van der Waals surface area contributed by atoms with Crippen LogP contribution >= 0.6 is 11.6 Å². The molecule has 1 aromatic rings. The third kappa shape index (κ3) is 4.05. The molecule has 0 unspecified atom stereocenters. The fourth-order valence-electron chi connectivity index (χ4n) is 1.24. The van der Waals surface area contributed by atoms with Gasteiger partial charge in [-0.25, -0.2) is 4.39 Å². The maximum atomic E-state index is 13.6. The molecule has 0 radical (unpaired) electrons. The van der Waals surface area contributed by atoms with Crippen LogP contribution in [0.4, 0.5) is 4.39 Å². The monoisotopic (exact) mass is 257 g/mol. The number of hydrogen-bond acceptors (Lipinski definition) is 3. The third-order valence-electron chi connectivity index (χ3n) is 2.09. The zero-order valence-corrected chi connectivity index (χ0v) is 9.84. The SMILES string of the molecule is C=C(Cl)CNCc1ccc(/C(N)=N\O)cc1F. The molecule has 0 spiro atoms. The Kier molecular flexibility index (Phi) is 4.93. The van der Waals surface area contributed by atoms with E-state index < -0.39 is 5.82 Å². The van der Waals surface area contributed by atoms with Crippen LogP contribution in [0.5, 0.6) is 0 Å². The molecule has 0 heterocycles. The van der Waals surface area contributed by atoms with Gasteiger partial charge in [-0.3, -0.25) is 0 Å². The van der Waals surface area contributed by atoms with Gasteiger partial charge in [0.1, 0.15) is 5.82 Å². The fourth-order valence-corrected chi connectivity index (χ4v) is 1.34. The Balaban J connectivity index is 2.73. The van der Waals surface area contributed by atoms with Crippen molar-refractivity contribution in [2.75, 3.05) is 6.54 Å². The topological polar surface area (TPSA) is 70.6 Å². The summed E-state index contributed by atoms with van der Waals surface area (Å²) in [6.45, 7) is 4.24. The van der Waals surface area contributed by atoms with E-state index in [9.17, 15) is 4.39 Å². The highest BCUT2D eigenvalue weighted by molar-refractivity contribution is 6.29. The summed E-state index contributed by atoms with van der Waals surface area (Å²) in [6.07, 6.45) is 0. The number of nitrogens with zero attached hydrogens (tertiary/aromatic N) is 1. The van der Waals surface area contributed by atoms with Crippen molar-refractivity contribution in [1.29, 1.82) is 0 Å². The smallest absolute Gasteiger partial charge is 0.170 e. The number of amidine groups is 1. The van der Waals surface area contributed by atoms with Crippen molar-refractivity contribution in [2.45, 2.75) is 6.54 Å². The Bertz CT molecular complexity index is 448. The Morgan fingerprint density at radius 3 is 2.82 bits per heavy atom. The summed E-state index contributed by atoms with van der Waals surface area (Å²) >= 11 is 5.56. The first-order valence-electron chi connectivity index (χ1n) is 4.85. The summed E-state index contributed by atoms with van der Waals surface area (Å²) in [7, 11) is 0. The average Bonchev–Trinajstić information content (AvgIpc) is 2.29.